The Kier molecular flexibility index (Phi) is 7.46. The van der Waals surface area contributed by atoms with E-state index < -0.39 is 5.97 Å². The molecule has 0 aliphatic heterocycles. The third kappa shape index (κ3) is 5.06. The molecule has 6 nitrogen and oxygen atoms in total. The summed E-state index contributed by atoms with van der Waals surface area (Å²) in [6, 6.07) is 15.6. The van der Waals surface area contributed by atoms with Crippen molar-refractivity contribution >= 4 is 17.6 Å². The van der Waals surface area contributed by atoms with Gasteiger partial charge in [-0.1, -0.05) is 57.0 Å². The Balaban J connectivity index is 1.63. The summed E-state index contributed by atoms with van der Waals surface area (Å²) in [5.41, 5.74) is 4.44. The Bertz CT molecular complexity index is 1150. The number of fused-ring (bicyclic) bond motifs is 1. The maximum absolute atomic E-state index is 12.9. The molecule has 2 aromatic carbocycles. The van der Waals surface area contributed by atoms with E-state index in [1.807, 2.05) is 49.5 Å². The van der Waals surface area contributed by atoms with E-state index in [0.717, 1.165) is 61.3 Å². The monoisotopic (exact) mass is 459 g/mol. The van der Waals surface area contributed by atoms with Crippen LogP contribution in [-0.2, 0) is 17.8 Å². The number of aryl methyl sites for hydroxylation is 2. The zero-order valence-electron chi connectivity index (χ0n) is 20.0. The van der Waals surface area contributed by atoms with Gasteiger partial charge in [-0.2, -0.15) is 0 Å². The molecule has 4 rings (SSSR count). The van der Waals surface area contributed by atoms with Gasteiger partial charge in [-0.25, -0.2) is 4.98 Å². The molecule has 0 bridgehead atoms. The van der Waals surface area contributed by atoms with Crippen LogP contribution in [0.15, 0.2) is 54.7 Å². The molecule has 0 radical (unpaired) electrons. The predicted octanol–water partition coefficient (Wildman–Crippen LogP) is 6.13. The number of rotatable bonds is 10. The lowest BCUT2D eigenvalue weighted by Gasteiger charge is -2.19. The van der Waals surface area contributed by atoms with Crippen LogP contribution < -0.4 is 5.32 Å². The van der Waals surface area contributed by atoms with Crippen LogP contribution in [0, 0.1) is 5.92 Å². The quantitative estimate of drug-likeness (QED) is 0.357. The molecule has 2 N–H and O–H groups in total. The minimum Gasteiger partial charge on any atom is -0.481 e. The van der Waals surface area contributed by atoms with Crippen molar-refractivity contribution in [1.82, 2.24) is 9.55 Å². The van der Waals surface area contributed by atoms with E-state index in [1.165, 1.54) is 5.56 Å². The summed E-state index contributed by atoms with van der Waals surface area (Å²) >= 11 is 0. The third-order valence-electron chi connectivity index (χ3n) is 6.81. The third-order valence-corrected chi connectivity index (χ3v) is 6.81. The SMILES string of the molecule is CCCCCn1cc(C(=O)Nc2ccccc2)nc1-c1ccc2c(c1)CCC2C(CC)C(=O)O. The number of nitrogens with zero attached hydrogens (tertiary/aromatic N) is 2. The van der Waals surface area contributed by atoms with E-state index in [1.54, 1.807) is 0 Å². The van der Waals surface area contributed by atoms with Gasteiger partial charge in [0.15, 0.2) is 0 Å². The molecule has 0 fully saturated rings. The molecule has 1 amide bonds. The van der Waals surface area contributed by atoms with Crippen molar-refractivity contribution in [3.63, 3.8) is 0 Å². The first-order valence-electron chi connectivity index (χ1n) is 12.3. The lowest BCUT2D eigenvalue weighted by molar-refractivity contribution is -0.142. The number of hydrogen-bond acceptors (Lipinski definition) is 3. The number of carboxylic acids is 1. The normalized spacial score (nSPS) is 15.6. The zero-order valence-corrected chi connectivity index (χ0v) is 20.0. The highest BCUT2D eigenvalue weighted by Crippen LogP contribution is 2.41. The lowest BCUT2D eigenvalue weighted by atomic mass is 9.85. The van der Waals surface area contributed by atoms with Crippen molar-refractivity contribution in [3.05, 3.63) is 71.5 Å². The molecule has 1 aliphatic rings. The molecule has 1 aliphatic carbocycles. The lowest BCUT2D eigenvalue weighted by Crippen LogP contribution is -2.19. The zero-order chi connectivity index (χ0) is 24.1. The molecule has 0 saturated heterocycles. The number of imidazole rings is 1. The molecule has 1 heterocycles. The van der Waals surface area contributed by atoms with Gasteiger partial charge in [-0.15, -0.1) is 0 Å². The first-order chi connectivity index (χ1) is 16.5. The first kappa shape index (κ1) is 23.7. The van der Waals surface area contributed by atoms with Crippen LogP contribution in [0.2, 0.25) is 0 Å². The van der Waals surface area contributed by atoms with Crippen molar-refractivity contribution in [1.29, 1.82) is 0 Å². The van der Waals surface area contributed by atoms with Crippen LogP contribution in [0.5, 0.6) is 0 Å². The molecular formula is C28H33N3O3. The smallest absolute Gasteiger partial charge is 0.307 e. The summed E-state index contributed by atoms with van der Waals surface area (Å²) in [6.07, 6.45) is 7.45. The predicted molar refractivity (Wildman–Crippen MR) is 134 cm³/mol. The molecule has 178 valence electrons. The second kappa shape index (κ2) is 10.7. The number of unbranched alkanes of at least 4 members (excludes halogenated alkanes) is 2. The molecule has 34 heavy (non-hydrogen) atoms. The van der Waals surface area contributed by atoms with Gasteiger partial charge in [0.25, 0.3) is 5.91 Å². The minimum absolute atomic E-state index is 0.0584. The number of carbonyl (C=O) groups excluding carboxylic acids is 1. The van der Waals surface area contributed by atoms with Crippen LogP contribution in [0.25, 0.3) is 11.4 Å². The number of carbonyl (C=O) groups is 2. The Labute approximate surface area is 201 Å². The molecule has 2 unspecified atom stereocenters. The van der Waals surface area contributed by atoms with Gasteiger partial charge in [0.1, 0.15) is 11.5 Å². The highest BCUT2D eigenvalue weighted by molar-refractivity contribution is 6.03. The fraction of sp³-hybridized carbons (Fsp3) is 0.393. The van der Waals surface area contributed by atoms with Crippen LogP contribution in [-0.4, -0.2) is 26.5 Å². The molecule has 3 aromatic rings. The Morgan fingerprint density at radius 2 is 1.94 bits per heavy atom. The summed E-state index contributed by atoms with van der Waals surface area (Å²) < 4.78 is 2.08. The summed E-state index contributed by atoms with van der Waals surface area (Å²) in [4.78, 5) is 29.4. The topological polar surface area (TPSA) is 84.2 Å². The molecule has 2 atom stereocenters. The highest BCUT2D eigenvalue weighted by Gasteiger charge is 2.33. The first-order valence-corrected chi connectivity index (χ1v) is 12.3. The maximum atomic E-state index is 12.9. The van der Waals surface area contributed by atoms with Gasteiger partial charge in [0, 0.05) is 24.0 Å². The highest BCUT2D eigenvalue weighted by atomic mass is 16.4. The number of nitrogens with one attached hydrogen (secondary N) is 1. The number of benzene rings is 2. The number of hydrogen-bond donors (Lipinski definition) is 2. The number of anilines is 1. The van der Waals surface area contributed by atoms with E-state index in [0.29, 0.717) is 12.1 Å². The summed E-state index contributed by atoms with van der Waals surface area (Å²) in [7, 11) is 0. The van der Waals surface area contributed by atoms with Gasteiger partial charge >= 0.3 is 5.97 Å². The van der Waals surface area contributed by atoms with Gasteiger partial charge in [0.2, 0.25) is 0 Å². The summed E-state index contributed by atoms with van der Waals surface area (Å²) in [5.74, 6) is -0.453. The fourth-order valence-corrected chi connectivity index (χ4v) is 5.01. The Morgan fingerprint density at radius 1 is 1.15 bits per heavy atom. The van der Waals surface area contributed by atoms with Gasteiger partial charge in [-0.05, 0) is 60.9 Å². The Morgan fingerprint density at radius 3 is 2.65 bits per heavy atom. The van der Waals surface area contributed by atoms with Crippen LogP contribution in [0.1, 0.15) is 73.5 Å². The van der Waals surface area contributed by atoms with Crippen LogP contribution in [0.3, 0.4) is 0 Å². The molecule has 1 aromatic heterocycles. The number of aromatic nitrogens is 2. The summed E-state index contributed by atoms with van der Waals surface area (Å²) in [5, 5.41) is 12.6. The second-order valence-electron chi connectivity index (χ2n) is 9.08. The second-order valence-corrected chi connectivity index (χ2v) is 9.08. The number of carboxylic acid groups (broad SMARTS) is 1. The summed E-state index contributed by atoms with van der Waals surface area (Å²) in [6.45, 7) is 4.91. The maximum Gasteiger partial charge on any atom is 0.307 e. The average molecular weight is 460 g/mol. The van der Waals surface area contributed by atoms with Crippen molar-refractivity contribution < 1.29 is 14.7 Å². The van der Waals surface area contributed by atoms with E-state index >= 15 is 0 Å². The number of para-hydroxylation sites is 1. The van der Waals surface area contributed by atoms with Crippen LogP contribution >= 0.6 is 0 Å². The van der Waals surface area contributed by atoms with Gasteiger partial charge < -0.3 is 15.0 Å². The van der Waals surface area contributed by atoms with Crippen molar-refractivity contribution in [3.8, 4) is 11.4 Å². The van der Waals surface area contributed by atoms with Crippen molar-refractivity contribution in [2.75, 3.05) is 5.32 Å². The van der Waals surface area contributed by atoms with E-state index in [-0.39, 0.29) is 17.7 Å². The standard InChI is InChI=1S/C28H33N3O3/c1-3-5-9-16-31-18-25(27(32)29-21-10-7-6-8-11-21)30-26(31)20-13-14-23-19(17-20)12-15-24(23)22(4-2)28(33)34/h6-8,10-11,13-14,17-18,22,24H,3-5,9,12,15-16H2,1-2H3,(H,29,32)(H,33,34). The number of amides is 1. The van der Waals surface area contributed by atoms with E-state index in [4.69, 9.17) is 4.98 Å². The van der Waals surface area contributed by atoms with Crippen molar-refractivity contribution in [2.45, 2.75) is 64.8 Å². The van der Waals surface area contributed by atoms with Gasteiger partial charge in [0.05, 0.1) is 5.92 Å². The average Bonchev–Trinajstić information content (AvgIpc) is 3.45. The molecular weight excluding hydrogens is 426 g/mol. The molecule has 6 heteroatoms. The molecule has 0 spiro atoms. The fourth-order valence-electron chi connectivity index (χ4n) is 5.01. The van der Waals surface area contributed by atoms with Crippen LogP contribution in [0.4, 0.5) is 5.69 Å². The van der Waals surface area contributed by atoms with Gasteiger partial charge in [-0.3, -0.25) is 9.59 Å². The van der Waals surface area contributed by atoms with Crippen molar-refractivity contribution in [2.24, 2.45) is 5.92 Å². The number of aliphatic carboxylic acids is 1. The minimum atomic E-state index is -0.718. The largest absolute Gasteiger partial charge is 0.481 e. The Hall–Kier alpha value is -3.41. The van der Waals surface area contributed by atoms with E-state index in [9.17, 15) is 14.7 Å². The molecule has 0 saturated carbocycles. The van der Waals surface area contributed by atoms with E-state index in [2.05, 4.69) is 28.9 Å².